The number of carbonyl (C=O) groups is 2. The average molecular weight is 347 g/mol. The molecule has 0 aliphatic carbocycles. The number of hydrogen-bond donors (Lipinski definition) is 1. The molecule has 0 radical (unpaired) electrons. The Morgan fingerprint density at radius 3 is 2.60 bits per heavy atom. The van der Waals surface area contributed by atoms with Crippen molar-refractivity contribution in [2.45, 2.75) is 32.1 Å². The number of methoxy groups -OCH3 is 1. The second kappa shape index (κ2) is 9.61. The third kappa shape index (κ3) is 5.74. The van der Waals surface area contributed by atoms with Crippen LogP contribution in [-0.4, -0.2) is 25.5 Å². The summed E-state index contributed by atoms with van der Waals surface area (Å²) in [6.45, 7) is 0.521. The summed E-state index contributed by atoms with van der Waals surface area (Å²) in [6.07, 6.45) is 3.84. The van der Waals surface area contributed by atoms with Gasteiger partial charge in [-0.3, -0.25) is 9.59 Å². The van der Waals surface area contributed by atoms with E-state index in [0.29, 0.717) is 24.3 Å². The number of carbonyl (C=O) groups excluding carboxylic acids is 2. The topological polar surface area (TPSA) is 68.5 Å². The molecule has 1 heterocycles. The van der Waals surface area contributed by atoms with E-state index < -0.39 is 5.82 Å². The van der Waals surface area contributed by atoms with Crippen LogP contribution in [0.2, 0.25) is 0 Å². The maximum Gasteiger partial charge on any atom is 0.305 e. The maximum absolute atomic E-state index is 13.7. The van der Waals surface area contributed by atoms with Gasteiger partial charge in [0, 0.05) is 13.0 Å². The van der Waals surface area contributed by atoms with Crippen LogP contribution < -0.4 is 5.32 Å². The van der Waals surface area contributed by atoms with Gasteiger partial charge in [0.05, 0.1) is 12.7 Å². The summed E-state index contributed by atoms with van der Waals surface area (Å²) in [7, 11) is 1.38. The second-order valence-corrected chi connectivity index (χ2v) is 5.64. The van der Waals surface area contributed by atoms with Crippen LogP contribution in [0.5, 0.6) is 0 Å². The number of nitrogens with one attached hydrogen (secondary N) is 1. The van der Waals surface area contributed by atoms with Crippen molar-refractivity contribution < 1.29 is 23.1 Å². The van der Waals surface area contributed by atoms with Gasteiger partial charge in [0.2, 0.25) is 0 Å². The number of esters is 1. The minimum atomic E-state index is -0.393. The fourth-order valence-electron chi connectivity index (χ4n) is 2.40. The Morgan fingerprint density at radius 1 is 1.08 bits per heavy atom. The van der Waals surface area contributed by atoms with E-state index in [-0.39, 0.29) is 17.6 Å². The molecule has 134 valence electrons. The number of furan rings is 1. The first-order valence-corrected chi connectivity index (χ1v) is 8.31. The normalized spacial score (nSPS) is 10.5. The Morgan fingerprint density at radius 2 is 1.84 bits per heavy atom. The van der Waals surface area contributed by atoms with Gasteiger partial charge in [-0.2, -0.15) is 0 Å². The van der Waals surface area contributed by atoms with Crippen LogP contribution >= 0.6 is 0 Å². The molecule has 5 nitrogen and oxygen atoms in total. The van der Waals surface area contributed by atoms with E-state index in [1.807, 2.05) is 0 Å². The van der Waals surface area contributed by atoms with E-state index in [2.05, 4.69) is 10.1 Å². The molecular weight excluding hydrogens is 325 g/mol. The molecule has 0 atom stereocenters. The van der Waals surface area contributed by atoms with Gasteiger partial charge in [-0.1, -0.05) is 25.0 Å². The summed E-state index contributed by atoms with van der Waals surface area (Å²) in [6, 6.07) is 9.37. The molecule has 0 aliphatic heterocycles. The van der Waals surface area contributed by atoms with Gasteiger partial charge in [-0.05, 0) is 37.1 Å². The van der Waals surface area contributed by atoms with E-state index in [9.17, 15) is 14.0 Å². The molecule has 0 aliphatic rings. The molecule has 1 aromatic heterocycles. The van der Waals surface area contributed by atoms with E-state index in [4.69, 9.17) is 4.42 Å². The Labute approximate surface area is 146 Å². The molecule has 0 spiro atoms. The highest BCUT2D eigenvalue weighted by Gasteiger charge is 2.13. The zero-order valence-electron chi connectivity index (χ0n) is 14.2. The SMILES string of the molecule is COC(=O)CCCCCCNC(=O)c1ccc(-c2ccccc2F)o1. The molecule has 1 N–H and O–H groups in total. The fourth-order valence-corrected chi connectivity index (χ4v) is 2.40. The summed E-state index contributed by atoms with van der Waals surface area (Å²) < 4.78 is 23.7. The third-order valence-corrected chi connectivity index (χ3v) is 3.79. The number of ether oxygens (including phenoxy) is 1. The highest BCUT2D eigenvalue weighted by molar-refractivity contribution is 5.92. The molecule has 1 amide bonds. The van der Waals surface area contributed by atoms with Crippen molar-refractivity contribution in [3.05, 3.63) is 48.0 Å². The molecule has 6 heteroatoms. The van der Waals surface area contributed by atoms with Gasteiger partial charge >= 0.3 is 5.97 Å². The van der Waals surface area contributed by atoms with E-state index in [1.165, 1.54) is 19.2 Å². The monoisotopic (exact) mass is 347 g/mol. The number of halogens is 1. The van der Waals surface area contributed by atoms with Gasteiger partial charge in [-0.25, -0.2) is 4.39 Å². The van der Waals surface area contributed by atoms with E-state index in [1.54, 1.807) is 24.3 Å². The molecular formula is C19H22FNO4. The number of hydrogen-bond acceptors (Lipinski definition) is 4. The summed E-state index contributed by atoms with van der Waals surface area (Å²) in [5.41, 5.74) is 0.326. The first kappa shape index (κ1) is 18.7. The lowest BCUT2D eigenvalue weighted by Gasteiger charge is -2.04. The highest BCUT2D eigenvalue weighted by Crippen LogP contribution is 2.24. The molecule has 2 aromatic rings. The van der Waals surface area contributed by atoms with Crippen molar-refractivity contribution in [2.24, 2.45) is 0 Å². The third-order valence-electron chi connectivity index (χ3n) is 3.79. The molecule has 2 rings (SSSR count). The van der Waals surface area contributed by atoms with E-state index in [0.717, 1.165) is 25.7 Å². The Bertz CT molecular complexity index is 711. The molecule has 0 fully saturated rings. The molecule has 1 aromatic carbocycles. The smallest absolute Gasteiger partial charge is 0.305 e. The van der Waals surface area contributed by atoms with Crippen LogP contribution in [-0.2, 0) is 9.53 Å². The minimum Gasteiger partial charge on any atom is -0.469 e. The number of unbranched alkanes of at least 4 members (excludes halogenated alkanes) is 3. The number of amides is 1. The first-order valence-electron chi connectivity index (χ1n) is 8.31. The zero-order chi connectivity index (χ0) is 18.1. The van der Waals surface area contributed by atoms with Gasteiger partial charge in [0.1, 0.15) is 11.6 Å². The molecule has 0 unspecified atom stereocenters. The lowest BCUT2D eigenvalue weighted by molar-refractivity contribution is -0.140. The fraction of sp³-hybridized carbons (Fsp3) is 0.368. The predicted molar refractivity (Wildman–Crippen MR) is 91.5 cm³/mol. The number of benzene rings is 1. The highest BCUT2D eigenvalue weighted by atomic mass is 19.1. The van der Waals surface area contributed by atoms with Crippen molar-refractivity contribution in [3.63, 3.8) is 0 Å². The van der Waals surface area contributed by atoms with Gasteiger partial charge in [0.25, 0.3) is 5.91 Å². The average Bonchev–Trinajstić information content (AvgIpc) is 3.10. The number of rotatable bonds is 9. The van der Waals surface area contributed by atoms with Crippen molar-refractivity contribution in [3.8, 4) is 11.3 Å². The lowest BCUT2D eigenvalue weighted by atomic mass is 10.1. The van der Waals surface area contributed by atoms with Crippen LogP contribution in [0.3, 0.4) is 0 Å². The first-order chi connectivity index (χ1) is 12.1. The van der Waals surface area contributed by atoms with Gasteiger partial charge in [0.15, 0.2) is 5.76 Å². The molecule has 0 bridgehead atoms. The van der Waals surface area contributed by atoms with Crippen LogP contribution in [0.4, 0.5) is 4.39 Å². The summed E-state index contributed by atoms with van der Waals surface area (Å²) in [5.74, 6) is -0.431. The Balaban J connectivity index is 1.72. The van der Waals surface area contributed by atoms with Crippen molar-refractivity contribution in [1.82, 2.24) is 5.32 Å². The predicted octanol–water partition coefficient (Wildman–Crippen LogP) is 3.94. The minimum absolute atomic E-state index is 0.156. The lowest BCUT2D eigenvalue weighted by Crippen LogP contribution is -2.23. The van der Waals surface area contributed by atoms with Crippen molar-refractivity contribution >= 4 is 11.9 Å². The Hall–Kier alpha value is -2.63. The maximum atomic E-state index is 13.7. The van der Waals surface area contributed by atoms with E-state index >= 15 is 0 Å². The van der Waals surface area contributed by atoms with Crippen LogP contribution in [0.15, 0.2) is 40.8 Å². The van der Waals surface area contributed by atoms with Crippen LogP contribution in [0.1, 0.15) is 42.7 Å². The van der Waals surface area contributed by atoms with Gasteiger partial charge < -0.3 is 14.5 Å². The Kier molecular flexibility index (Phi) is 7.19. The van der Waals surface area contributed by atoms with Crippen LogP contribution in [0.25, 0.3) is 11.3 Å². The summed E-state index contributed by atoms with van der Waals surface area (Å²) in [4.78, 5) is 23.0. The largest absolute Gasteiger partial charge is 0.469 e. The zero-order valence-corrected chi connectivity index (χ0v) is 14.2. The quantitative estimate of drug-likeness (QED) is 0.551. The van der Waals surface area contributed by atoms with Crippen LogP contribution in [0, 0.1) is 5.82 Å². The molecule has 25 heavy (non-hydrogen) atoms. The van der Waals surface area contributed by atoms with Crippen molar-refractivity contribution in [1.29, 1.82) is 0 Å². The standard InChI is InChI=1S/C19H22FNO4/c1-24-18(22)10-4-2-3-7-13-21-19(23)17-12-11-16(25-17)14-8-5-6-9-15(14)20/h5-6,8-9,11-12H,2-4,7,10,13H2,1H3,(H,21,23). The molecule has 0 saturated carbocycles. The second-order valence-electron chi connectivity index (χ2n) is 5.64. The van der Waals surface area contributed by atoms with Gasteiger partial charge in [-0.15, -0.1) is 0 Å². The summed E-state index contributed by atoms with van der Waals surface area (Å²) >= 11 is 0. The molecule has 0 saturated heterocycles. The van der Waals surface area contributed by atoms with Crippen molar-refractivity contribution in [2.75, 3.05) is 13.7 Å². The summed E-state index contributed by atoms with van der Waals surface area (Å²) in [5, 5.41) is 2.77.